The molecule has 17 nitrogen and oxygen atoms in total. The number of rotatable bonds is 13. The maximum Gasteiger partial charge on any atom is 0.325 e. The lowest BCUT2D eigenvalue weighted by Gasteiger charge is -2.51. The van der Waals surface area contributed by atoms with Crippen molar-refractivity contribution in [3.05, 3.63) is 89.6 Å². The van der Waals surface area contributed by atoms with Crippen molar-refractivity contribution >= 4 is 29.6 Å². The minimum Gasteiger partial charge on any atom is -0.508 e. The third kappa shape index (κ3) is 15.6. The molecular weight excluding hydrogens is 995 g/mol. The Bertz CT molecular complexity index is 2400. The number of nitrogens with one attached hydrogen (secondary N) is 4. The zero-order chi connectivity index (χ0) is 57.1. The first-order valence-electron chi connectivity index (χ1n) is 28.6. The number of carbonyl (C=O) groups excluding carboxylic acids is 5. The molecule has 5 heterocycles. The number of aromatic hydroxyl groups is 1. The number of phenols is 1. The molecule has 4 amide bonds. The van der Waals surface area contributed by atoms with Crippen molar-refractivity contribution in [3.63, 3.8) is 0 Å². The summed E-state index contributed by atoms with van der Waals surface area (Å²) in [5.74, 6) is -4.79. The molecule has 16 unspecified atom stereocenters. The number of amides is 4. The fourth-order valence-electron chi connectivity index (χ4n) is 11.6. The van der Waals surface area contributed by atoms with Crippen molar-refractivity contribution in [1.82, 2.24) is 26.4 Å². The van der Waals surface area contributed by atoms with Gasteiger partial charge < -0.3 is 50.2 Å². The molecule has 0 aliphatic carbocycles. The van der Waals surface area contributed by atoms with Gasteiger partial charge in [-0.15, -0.1) is 0 Å². The number of esters is 1. The van der Waals surface area contributed by atoms with E-state index in [-0.39, 0.29) is 60.8 Å². The molecule has 5 aliphatic heterocycles. The molecule has 3 saturated heterocycles. The van der Waals surface area contributed by atoms with Crippen molar-refractivity contribution in [1.29, 1.82) is 0 Å². The van der Waals surface area contributed by atoms with E-state index in [0.29, 0.717) is 50.5 Å². The van der Waals surface area contributed by atoms with Crippen molar-refractivity contribution in [2.75, 3.05) is 13.7 Å². The van der Waals surface area contributed by atoms with Gasteiger partial charge in [0.05, 0.1) is 30.3 Å². The van der Waals surface area contributed by atoms with Gasteiger partial charge in [-0.05, 0) is 106 Å². The molecule has 17 heteroatoms. The van der Waals surface area contributed by atoms with E-state index in [1.54, 1.807) is 58.1 Å². The van der Waals surface area contributed by atoms with Crippen LogP contribution in [0.2, 0.25) is 0 Å². The number of hydrogen-bond donors (Lipinski definition) is 7. The highest BCUT2D eigenvalue weighted by atomic mass is 16.7. The quantitative estimate of drug-likeness (QED) is 0.0591. The number of benzene rings is 1. The molecule has 16 atom stereocenters. The highest BCUT2D eigenvalue weighted by molar-refractivity contribution is 5.93. The number of hydrazine groups is 1. The molecule has 6 rings (SSSR count). The van der Waals surface area contributed by atoms with Crippen LogP contribution in [0.15, 0.2) is 84.0 Å². The lowest BCUT2D eigenvalue weighted by Crippen LogP contribution is -2.64. The van der Waals surface area contributed by atoms with Crippen LogP contribution in [-0.4, -0.2) is 124 Å². The van der Waals surface area contributed by atoms with Crippen molar-refractivity contribution in [3.8, 4) is 5.75 Å². The number of fused-ring (bicyclic) bond motifs is 3. The number of cyclic esters (lactones) is 1. The number of aliphatic hydroxyl groups excluding tert-OH is 2. The van der Waals surface area contributed by atoms with E-state index in [2.05, 4.69) is 41.3 Å². The van der Waals surface area contributed by atoms with Gasteiger partial charge in [0.25, 0.3) is 5.91 Å². The molecule has 0 radical (unpaired) electrons. The normalized spacial score (nSPS) is 34.9. The number of phenolic OH excluding ortho intramolecular Hbond substituents is 1. The smallest absolute Gasteiger partial charge is 0.325 e. The van der Waals surface area contributed by atoms with Crippen LogP contribution in [0.4, 0.5) is 0 Å². The topological polar surface area (TPSA) is 234 Å². The summed E-state index contributed by atoms with van der Waals surface area (Å²) < 4.78 is 25.2. The van der Waals surface area contributed by atoms with Crippen LogP contribution in [0.25, 0.3) is 0 Å². The number of piperidine rings is 1. The molecule has 0 aromatic heterocycles. The van der Waals surface area contributed by atoms with Gasteiger partial charge in [-0.3, -0.25) is 29.0 Å². The summed E-state index contributed by atoms with van der Waals surface area (Å²) >= 11 is 0. The first-order chi connectivity index (χ1) is 37.0. The predicted molar refractivity (Wildman–Crippen MR) is 297 cm³/mol. The van der Waals surface area contributed by atoms with E-state index < -0.39 is 95.5 Å². The molecule has 78 heavy (non-hydrogen) atoms. The summed E-state index contributed by atoms with van der Waals surface area (Å²) in [6, 6.07) is 3.30. The average molecular weight is 1090 g/mol. The second-order valence-corrected chi connectivity index (χ2v) is 23.4. The van der Waals surface area contributed by atoms with Crippen LogP contribution >= 0.6 is 0 Å². The van der Waals surface area contributed by atoms with Crippen LogP contribution < -0.4 is 21.4 Å². The van der Waals surface area contributed by atoms with E-state index in [9.17, 15) is 39.3 Å². The number of ether oxygens (including phenoxy) is 4. The number of methoxy groups -OCH3 is 1. The van der Waals surface area contributed by atoms with E-state index in [0.717, 1.165) is 24.0 Å². The monoisotopic (exact) mass is 1090 g/mol. The minimum absolute atomic E-state index is 0.00123. The maximum atomic E-state index is 14.6. The van der Waals surface area contributed by atoms with Gasteiger partial charge >= 0.3 is 5.97 Å². The van der Waals surface area contributed by atoms with E-state index >= 15 is 0 Å². The lowest BCUT2D eigenvalue weighted by molar-refractivity contribution is -0.280. The summed E-state index contributed by atoms with van der Waals surface area (Å²) in [6.07, 6.45) is 16.7. The number of allylic oxidation sites excluding steroid dienone is 5. The summed E-state index contributed by atoms with van der Waals surface area (Å²) in [7, 11) is 1.53. The summed E-state index contributed by atoms with van der Waals surface area (Å²) in [4.78, 5) is 70.5. The van der Waals surface area contributed by atoms with Gasteiger partial charge in [-0.25, -0.2) is 5.43 Å². The molecule has 0 saturated carbocycles. The predicted octanol–water partition coefficient (Wildman–Crippen LogP) is 7.17. The van der Waals surface area contributed by atoms with Gasteiger partial charge in [0.2, 0.25) is 17.7 Å². The van der Waals surface area contributed by atoms with Gasteiger partial charge in [0.1, 0.15) is 30.0 Å². The average Bonchev–Trinajstić information content (AvgIpc) is 3.41. The van der Waals surface area contributed by atoms with E-state index in [1.165, 1.54) is 24.3 Å². The standard InChI is InChI=1S/C61H91N5O12/c1-12-44-32-41(8)61(64-55(44)70)40(7)31-39(6)52(77-61)35-50(69)37(4)21-15-13-16-22-38(5)51-27-18-14-17-26-49(68)42(9)54-46(28-29-60(10,75-11)78-54)56(71)63-53(36(2)3)57(72)62-48(34-43-23-19-24-45(67)33-43)58(73)66-30-20-25-47(65-66)59(74)76-51/h13-14,16-19,22-24,26,31,33,36-37,39,41-42,44,46-54,65,67-69H,12,15,20-21,25,27-30,32,34-35H2,1-11H3,(H,62,72)(H,63,71)(H,64,70). The number of aliphatic hydroxyl groups is 2. The van der Waals surface area contributed by atoms with Crippen LogP contribution in [0.5, 0.6) is 5.75 Å². The molecular formula is C61H91N5O12. The zero-order valence-electron chi connectivity index (χ0n) is 48.0. The Morgan fingerprint density at radius 1 is 1.01 bits per heavy atom. The highest BCUT2D eigenvalue weighted by Gasteiger charge is 2.51. The summed E-state index contributed by atoms with van der Waals surface area (Å²) in [5.41, 5.74) is 4.58. The van der Waals surface area contributed by atoms with Gasteiger partial charge in [-0.2, -0.15) is 0 Å². The lowest BCUT2D eigenvalue weighted by atomic mass is 9.75. The van der Waals surface area contributed by atoms with Crippen LogP contribution in [0, 0.1) is 41.4 Å². The molecule has 3 fully saturated rings. The molecule has 2 bridgehead atoms. The SMILES string of the molecule is CCC1CC(C)C2(NC1=O)OC(CC(O)C(C)CCC=CC=C(C)C1CC=CC=CC(O)C(C)C3OC(C)(OC)CCC3C(=O)NC(C(C)C)C(=O)NC(Cc3cccc(O)c3)C(=O)N3CCCC(N3)C(=O)O1)C(C)C=C2C. The third-order valence-corrected chi connectivity index (χ3v) is 17.1. The second-order valence-electron chi connectivity index (χ2n) is 23.4. The number of hydrogen-bond acceptors (Lipinski definition) is 13. The van der Waals surface area contributed by atoms with Crippen LogP contribution in [0.3, 0.4) is 0 Å². The van der Waals surface area contributed by atoms with Crippen molar-refractivity contribution in [2.24, 2.45) is 41.4 Å². The van der Waals surface area contributed by atoms with E-state index in [4.69, 9.17) is 18.9 Å². The Morgan fingerprint density at radius 3 is 2.47 bits per heavy atom. The highest BCUT2D eigenvalue weighted by Crippen LogP contribution is 2.43. The molecule has 432 valence electrons. The Hall–Kier alpha value is -5.17. The molecule has 7 N–H and O–H groups in total. The molecule has 5 aliphatic rings. The molecule has 1 aromatic rings. The number of nitrogens with zero attached hydrogens (tertiary/aromatic N) is 1. The Morgan fingerprint density at radius 2 is 1.77 bits per heavy atom. The van der Waals surface area contributed by atoms with Gasteiger partial charge in [0, 0.05) is 63.0 Å². The van der Waals surface area contributed by atoms with Crippen molar-refractivity contribution in [2.45, 2.75) is 200 Å². The van der Waals surface area contributed by atoms with Crippen LogP contribution in [-0.2, 0) is 49.3 Å². The minimum atomic E-state index is -1.16. The fourth-order valence-corrected chi connectivity index (χ4v) is 11.6. The molecule has 1 aromatic carbocycles. The van der Waals surface area contributed by atoms with Gasteiger partial charge in [0.15, 0.2) is 11.5 Å². The van der Waals surface area contributed by atoms with Gasteiger partial charge in [-0.1, -0.05) is 109 Å². The summed E-state index contributed by atoms with van der Waals surface area (Å²) in [5, 5.41) is 43.8. The summed E-state index contributed by atoms with van der Waals surface area (Å²) in [6.45, 7) is 19.6. The molecule has 1 spiro atoms. The largest absolute Gasteiger partial charge is 0.508 e. The second kappa shape index (κ2) is 27.8. The Labute approximate surface area is 463 Å². The first kappa shape index (κ1) is 62.0. The third-order valence-electron chi connectivity index (χ3n) is 17.1. The fraction of sp³-hybridized carbons (Fsp3) is 0.656. The van der Waals surface area contributed by atoms with E-state index in [1.807, 2.05) is 52.0 Å². The Balaban J connectivity index is 1.20. The first-order valence-corrected chi connectivity index (χ1v) is 28.6. The van der Waals surface area contributed by atoms with Crippen LogP contribution in [0.1, 0.15) is 139 Å². The zero-order valence-corrected chi connectivity index (χ0v) is 48.0. The number of carbonyl (C=O) groups is 5. The van der Waals surface area contributed by atoms with Crippen molar-refractivity contribution < 1.29 is 58.2 Å². The maximum absolute atomic E-state index is 14.6. The Kier molecular flexibility index (Phi) is 22.1.